The molecule has 4 aromatic rings. The third kappa shape index (κ3) is 6.33. The van der Waals surface area contributed by atoms with E-state index in [0.717, 1.165) is 37.0 Å². The second kappa shape index (κ2) is 13.1. The number of nitrogens with one attached hydrogen (secondary N) is 2. The topological polar surface area (TPSA) is 88.8 Å². The van der Waals surface area contributed by atoms with Crippen molar-refractivity contribution in [1.82, 2.24) is 25.0 Å². The van der Waals surface area contributed by atoms with Crippen LogP contribution in [0.5, 0.6) is 0 Å². The van der Waals surface area contributed by atoms with E-state index in [1.807, 2.05) is 96.6 Å². The maximum absolute atomic E-state index is 15.0. The van der Waals surface area contributed by atoms with Crippen LogP contribution in [0.1, 0.15) is 36.1 Å². The molecule has 11 heteroatoms. The number of nitrogens with zero attached hydrogens (tertiary/aromatic N) is 3. The number of aromatic nitrogens is 1. The summed E-state index contributed by atoms with van der Waals surface area (Å²) in [5.74, 6) is -0.177. The van der Waals surface area contributed by atoms with Gasteiger partial charge < -0.3 is 25.0 Å². The maximum atomic E-state index is 15.0. The number of H-pyrrole nitrogens is 1. The predicted octanol–water partition coefficient (Wildman–Crippen LogP) is 6.77. The lowest BCUT2D eigenvalue weighted by Gasteiger charge is -2.42. The summed E-state index contributed by atoms with van der Waals surface area (Å²) in [7, 11) is 0. The average molecular weight is 709 g/mol. The van der Waals surface area contributed by atoms with E-state index in [0.29, 0.717) is 44.3 Å². The Hall–Kier alpha value is -3.47. The minimum absolute atomic E-state index is 0.0440. The fourth-order valence-corrected chi connectivity index (χ4v) is 8.25. The number of rotatable bonds is 7. The van der Waals surface area contributed by atoms with E-state index >= 15 is 4.79 Å². The Bertz CT molecular complexity index is 1720. The maximum Gasteiger partial charge on any atom is 0.317 e. The number of thioether (sulfide) groups is 1. The molecule has 0 radical (unpaired) electrons. The second-order valence-electron chi connectivity index (χ2n) is 11.6. The molecular formula is C34H35BrClN5O3S. The number of hydrogen-bond acceptors (Lipinski definition) is 4. The molecule has 0 bridgehead atoms. The summed E-state index contributed by atoms with van der Waals surface area (Å²) in [5, 5.41) is 4.38. The molecule has 6 rings (SSSR count). The van der Waals surface area contributed by atoms with Crippen molar-refractivity contribution in [2.75, 3.05) is 32.7 Å². The summed E-state index contributed by atoms with van der Waals surface area (Å²) >= 11 is 11.3. The smallest absolute Gasteiger partial charge is 0.317 e. The van der Waals surface area contributed by atoms with Crippen LogP contribution in [0.15, 0.2) is 82.3 Å². The predicted molar refractivity (Wildman–Crippen MR) is 182 cm³/mol. The van der Waals surface area contributed by atoms with Crippen molar-refractivity contribution in [3.05, 3.63) is 99.1 Å². The van der Waals surface area contributed by atoms with Gasteiger partial charge in [-0.2, -0.15) is 0 Å². The van der Waals surface area contributed by atoms with E-state index in [9.17, 15) is 9.59 Å². The third-order valence-corrected chi connectivity index (χ3v) is 10.8. The van der Waals surface area contributed by atoms with Crippen molar-refractivity contribution in [3.63, 3.8) is 0 Å². The number of halogens is 2. The lowest BCUT2D eigenvalue weighted by Crippen LogP contribution is -2.58. The fourth-order valence-electron chi connectivity index (χ4n) is 6.34. The van der Waals surface area contributed by atoms with Gasteiger partial charge >= 0.3 is 6.03 Å². The zero-order valence-corrected chi connectivity index (χ0v) is 28.3. The number of benzene rings is 3. The molecule has 1 aromatic heterocycles. The van der Waals surface area contributed by atoms with E-state index < -0.39 is 10.8 Å². The van der Waals surface area contributed by atoms with Gasteiger partial charge in [0.05, 0.1) is 12.5 Å². The summed E-state index contributed by atoms with van der Waals surface area (Å²) in [4.78, 5) is 51.6. The number of urea groups is 1. The number of piperazine rings is 1. The number of carbonyl (C=O) groups is 3. The van der Waals surface area contributed by atoms with Crippen LogP contribution in [-0.4, -0.2) is 75.0 Å². The third-order valence-electron chi connectivity index (χ3n) is 8.59. The van der Waals surface area contributed by atoms with Gasteiger partial charge in [-0.3, -0.25) is 9.59 Å². The Kier molecular flexibility index (Phi) is 9.17. The highest BCUT2D eigenvalue weighted by Crippen LogP contribution is 2.55. The molecule has 2 aliphatic rings. The van der Waals surface area contributed by atoms with Crippen molar-refractivity contribution < 1.29 is 14.4 Å². The van der Waals surface area contributed by atoms with Gasteiger partial charge in [0.2, 0.25) is 11.8 Å². The minimum Gasteiger partial charge on any atom is -0.361 e. The van der Waals surface area contributed by atoms with Crippen LogP contribution in [0.4, 0.5) is 4.79 Å². The Labute approximate surface area is 280 Å². The highest BCUT2D eigenvalue weighted by molar-refractivity contribution is 9.10. The lowest BCUT2D eigenvalue weighted by atomic mass is 9.90. The molecule has 0 saturated carbocycles. The summed E-state index contributed by atoms with van der Waals surface area (Å²) in [5.41, 5.74) is 3.81. The number of fused-ring (bicyclic) bond motifs is 1. The van der Waals surface area contributed by atoms with Gasteiger partial charge in [0, 0.05) is 76.3 Å². The fraction of sp³-hybridized carbons (Fsp3) is 0.324. The molecule has 3 aromatic carbocycles. The van der Waals surface area contributed by atoms with Crippen molar-refractivity contribution in [2.24, 2.45) is 0 Å². The molecule has 0 spiro atoms. The first kappa shape index (κ1) is 31.5. The van der Waals surface area contributed by atoms with E-state index in [-0.39, 0.29) is 24.3 Å². The molecule has 0 aliphatic carbocycles. The molecule has 4 amide bonds. The van der Waals surface area contributed by atoms with Crippen LogP contribution >= 0.6 is 39.3 Å². The molecule has 2 aliphatic heterocycles. The molecule has 2 saturated heterocycles. The van der Waals surface area contributed by atoms with Crippen molar-refractivity contribution in [3.8, 4) is 0 Å². The van der Waals surface area contributed by atoms with Gasteiger partial charge in [0.15, 0.2) is 0 Å². The molecular weight excluding hydrogens is 674 g/mol. The van der Waals surface area contributed by atoms with Gasteiger partial charge in [-0.25, -0.2) is 4.79 Å². The van der Waals surface area contributed by atoms with Gasteiger partial charge in [0.25, 0.3) is 0 Å². The summed E-state index contributed by atoms with van der Waals surface area (Å²) < 4.78 is -0.208. The number of amides is 4. The van der Waals surface area contributed by atoms with Crippen molar-refractivity contribution in [1.29, 1.82) is 0 Å². The minimum atomic E-state index is -1.16. The molecule has 3 heterocycles. The van der Waals surface area contributed by atoms with Crippen molar-refractivity contribution >= 4 is 68.0 Å². The first-order valence-electron chi connectivity index (χ1n) is 15.1. The normalized spacial score (nSPS) is 20.2. The molecule has 234 valence electrons. The standard InChI is InChI=1S/C34H35BrClN5O3S/c1-3-37-33(44)40-16-14-39(15-17-40)32(43)34(45-26-11-4-22(2)5-12-26)19-30(42)41(21-23-6-8-24(35)9-7-23)31(34)28-20-38-29-18-25(36)10-13-27(28)29/h4-13,18,20,31,38H,3,14-17,19,21H2,1-2H3,(H,37,44)/t31-,34?/m1/s1. The number of hydrogen-bond donors (Lipinski definition) is 2. The molecule has 2 fully saturated rings. The largest absolute Gasteiger partial charge is 0.361 e. The van der Waals surface area contributed by atoms with Crippen LogP contribution in [0.25, 0.3) is 10.9 Å². The van der Waals surface area contributed by atoms with Crippen LogP contribution in [-0.2, 0) is 16.1 Å². The van der Waals surface area contributed by atoms with E-state index in [1.165, 1.54) is 11.8 Å². The van der Waals surface area contributed by atoms with Gasteiger partial charge in [0.1, 0.15) is 4.75 Å². The van der Waals surface area contributed by atoms with E-state index in [4.69, 9.17) is 11.6 Å². The zero-order valence-electron chi connectivity index (χ0n) is 25.2. The molecule has 2 N–H and O–H groups in total. The summed E-state index contributed by atoms with van der Waals surface area (Å²) in [6.07, 6.45) is 1.96. The SMILES string of the molecule is CCNC(=O)N1CCN(C(=O)C2(Sc3ccc(C)cc3)CC(=O)N(Cc3ccc(Br)cc3)[C@@H]2c2c[nH]c3cc(Cl)ccc23)CC1. The number of likely N-dealkylation sites (tertiary alicyclic amines) is 1. The average Bonchev–Trinajstić information content (AvgIpc) is 3.56. The first-order chi connectivity index (χ1) is 21.7. The first-order valence-corrected chi connectivity index (χ1v) is 17.1. The van der Waals surface area contributed by atoms with E-state index in [2.05, 4.69) is 26.2 Å². The van der Waals surface area contributed by atoms with Crippen LogP contribution < -0.4 is 5.32 Å². The van der Waals surface area contributed by atoms with Crippen LogP contribution in [0, 0.1) is 6.92 Å². The summed E-state index contributed by atoms with van der Waals surface area (Å²) in [6, 6.07) is 21.0. The van der Waals surface area contributed by atoms with Gasteiger partial charge in [-0.15, -0.1) is 11.8 Å². The monoisotopic (exact) mass is 707 g/mol. The number of aryl methyl sites for hydroxylation is 1. The Morgan fingerprint density at radius 3 is 2.40 bits per heavy atom. The second-order valence-corrected chi connectivity index (χ2v) is 14.3. The molecule has 8 nitrogen and oxygen atoms in total. The van der Waals surface area contributed by atoms with Crippen LogP contribution in [0.3, 0.4) is 0 Å². The Balaban J connectivity index is 1.46. The quantitative estimate of drug-likeness (QED) is 0.222. The Morgan fingerprint density at radius 1 is 1.02 bits per heavy atom. The van der Waals surface area contributed by atoms with Gasteiger partial charge in [-0.1, -0.05) is 63.4 Å². The molecule has 45 heavy (non-hydrogen) atoms. The van der Waals surface area contributed by atoms with Crippen LogP contribution in [0.2, 0.25) is 5.02 Å². The van der Waals surface area contributed by atoms with E-state index in [1.54, 1.807) is 4.90 Å². The highest BCUT2D eigenvalue weighted by Gasteiger charge is 2.59. The zero-order chi connectivity index (χ0) is 31.7. The Morgan fingerprint density at radius 2 is 1.71 bits per heavy atom. The number of carbonyl (C=O) groups excluding carboxylic acids is 3. The molecule has 2 atom stereocenters. The lowest BCUT2D eigenvalue weighted by molar-refractivity contribution is -0.136. The molecule has 1 unspecified atom stereocenters. The highest BCUT2D eigenvalue weighted by atomic mass is 79.9. The van der Waals surface area contributed by atoms with Crippen molar-refractivity contribution in [2.45, 2.75) is 42.5 Å². The van der Waals surface area contributed by atoms with Gasteiger partial charge in [-0.05, 0) is 55.8 Å². The summed E-state index contributed by atoms with van der Waals surface area (Å²) in [6.45, 7) is 6.45. The number of aromatic amines is 1.